The van der Waals surface area contributed by atoms with Crippen molar-refractivity contribution in [1.82, 2.24) is 9.97 Å². The molecule has 0 aliphatic heterocycles. The van der Waals surface area contributed by atoms with E-state index in [9.17, 15) is 10.1 Å². The van der Waals surface area contributed by atoms with Gasteiger partial charge in [-0.25, -0.2) is 4.98 Å². The number of hydrogen-bond acceptors (Lipinski definition) is 5. The molecular formula is C33H23N3O2S2. The van der Waals surface area contributed by atoms with E-state index in [2.05, 4.69) is 77.8 Å². The molecule has 5 aromatic carbocycles. The molecule has 1 heterocycles. The van der Waals surface area contributed by atoms with Gasteiger partial charge in [0.1, 0.15) is 5.82 Å². The molecule has 0 unspecified atom stereocenters. The van der Waals surface area contributed by atoms with Crippen molar-refractivity contribution in [2.45, 2.75) is 19.6 Å². The largest absolute Gasteiger partial charge is 0.337 e. The number of nitro groups is 1. The van der Waals surface area contributed by atoms with E-state index in [1.165, 1.54) is 21.9 Å². The van der Waals surface area contributed by atoms with Crippen molar-refractivity contribution in [1.29, 1.82) is 0 Å². The lowest BCUT2D eigenvalue weighted by atomic mass is 10.1. The molecule has 5 nitrogen and oxygen atoms in total. The monoisotopic (exact) mass is 557 g/mol. The Morgan fingerprint density at radius 3 is 1.50 bits per heavy atom. The second-order valence-corrected chi connectivity index (χ2v) is 11.3. The number of H-pyrrole nitrogens is 1. The predicted octanol–water partition coefficient (Wildman–Crippen LogP) is 9.62. The van der Waals surface area contributed by atoms with Gasteiger partial charge in [-0.2, -0.15) is 0 Å². The molecular weight excluding hydrogens is 535 g/mol. The van der Waals surface area contributed by atoms with Gasteiger partial charge in [-0.3, -0.25) is 10.1 Å². The minimum absolute atomic E-state index is 0.0498. The highest BCUT2D eigenvalue weighted by atomic mass is 32.2. The second-order valence-electron chi connectivity index (χ2n) is 8.99. The number of nitrogens with one attached hydrogen (secondary N) is 1. The Morgan fingerprint density at radius 2 is 1.00 bits per heavy atom. The summed E-state index contributed by atoms with van der Waals surface area (Å²) in [6, 6.07) is 43.9. The van der Waals surface area contributed by atoms with Crippen LogP contribution in [0.1, 0.15) is 0 Å². The Morgan fingerprint density at radius 1 is 0.550 bits per heavy atom. The van der Waals surface area contributed by atoms with Crippen molar-refractivity contribution in [3.8, 4) is 33.9 Å². The van der Waals surface area contributed by atoms with Gasteiger partial charge in [-0.05, 0) is 60.7 Å². The first kappa shape index (κ1) is 25.7. The zero-order valence-corrected chi connectivity index (χ0v) is 22.9. The lowest BCUT2D eigenvalue weighted by Gasteiger charge is -2.07. The zero-order chi connectivity index (χ0) is 27.3. The van der Waals surface area contributed by atoms with Gasteiger partial charge in [0.2, 0.25) is 0 Å². The topological polar surface area (TPSA) is 71.8 Å². The molecule has 6 aromatic rings. The van der Waals surface area contributed by atoms with Crippen molar-refractivity contribution in [3.05, 3.63) is 144 Å². The van der Waals surface area contributed by atoms with Gasteiger partial charge >= 0.3 is 0 Å². The van der Waals surface area contributed by atoms with E-state index in [4.69, 9.17) is 4.98 Å². The summed E-state index contributed by atoms with van der Waals surface area (Å²) in [5.74, 6) is 0.658. The first-order chi connectivity index (χ1) is 19.6. The van der Waals surface area contributed by atoms with Crippen molar-refractivity contribution >= 4 is 29.2 Å². The fourth-order valence-electron chi connectivity index (χ4n) is 4.29. The summed E-state index contributed by atoms with van der Waals surface area (Å²) in [4.78, 5) is 23.9. The highest BCUT2D eigenvalue weighted by Gasteiger charge is 2.17. The van der Waals surface area contributed by atoms with Crippen molar-refractivity contribution in [2.75, 3.05) is 0 Å². The molecule has 0 radical (unpaired) electrons. The number of imidazole rings is 1. The fourth-order valence-corrected chi connectivity index (χ4v) is 5.96. The van der Waals surface area contributed by atoms with Crippen LogP contribution in [0, 0.1) is 10.1 Å². The number of nitrogens with zero attached hydrogens (tertiary/aromatic N) is 2. The zero-order valence-electron chi connectivity index (χ0n) is 21.2. The number of nitro benzene ring substituents is 1. The van der Waals surface area contributed by atoms with Crippen LogP contribution < -0.4 is 0 Å². The van der Waals surface area contributed by atoms with E-state index in [1.54, 1.807) is 35.7 Å². The molecule has 0 aliphatic carbocycles. The molecule has 1 N–H and O–H groups in total. The lowest BCUT2D eigenvalue weighted by molar-refractivity contribution is -0.384. The lowest BCUT2D eigenvalue weighted by Crippen LogP contribution is -1.88. The van der Waals surface area contributed by atoms with Gasteiger partial charge in [0.25, 0.3) is 5.69 Å². The van der Waals surface area contributed by atoms with Crippen LogP contribution in [0.15, 0.2) is 153 Å². The van der Waals surface area contributed by atoms with Crippen LogP contribution in [0.25, 0.3) is 33.9 Å². The maximum absolute atomic E-state index is 11.1. The van der Waals surface area contributed by atoms with Gasteiger partial charge in [0.15, 0.2) is 0 Å². The molecule has 0 aliphatic rings. The number of aromatic nitrogens is 2. The summed E-state index contributed by atoms with van der Waals surface area (Å²) >= 11 is 3.43. The third-order valence-electron chi connectivity index (χ3n) is 6.28. The van der Waals surface area contributed by atoms with Gasteiger partial charge in [0.05, 0.1) is 16.3 Å². The van der Waals surface area contributed by atoms with Crippen molar-refractivity contribution in [3.63, 3.8) is 0 Å². The molecule has 1 aromatic heterocycles. The minimum Gasteiger partial charge on any atom is -0.337 e. The Balaban J connectivity index is 1.34. The van der Waals surface area contributed by atoms with Crippen LogP contribution in [-0.4, -0.2) is 14.9 Å². The second kappa shape index (κ2) is 11.7. The maximum atomic E-state index is 11.1. The number of rotatable bonds is 8. The van der Waals surface area contributed by atoms with Crippen molar-refractivity contribution < 1.29 is 4.92 Å². The fraction of sp³-hybridized carbons (Fsp3) is 0. The standard InChI is InChI=1S/C33H23N3O2S2/c37-36(38)26-17-11-25(12-18-26)33-34-31(23-13-19-29(20-14-23)39-27-7-3-1-4-8-27)32(35-33)24-15-21-30(22-16-24)40-28-9-5-2-6-10-28/h1-22H,(H,34,35). The Kier molecular flexibility index (Phi) is 7.48. The van der Waals surface area contributed by atoms with Gasteiger partial charge in [-0.15, -0.1) is 0 Å². The number of benzene rings is 5. The minimum atomic E-state index is -0.396. The van der Waals surface area contributed by atoms with Crippen LogP contribution in [-0.2, 0) is 0 Å². The highest BCUT2D eigenvalue weighted by molar-refractivity contribution is 7.99. The predicted molar refractivity (Wildman–Crippen MR) is 163 cm³/mol. The Bertz CT molecular complexity index is 1630. The molecule has 0 atom stereocenters. The summed E-state index contributed by atoms with van der Waals surface area (Å²) < 4.78 is 0. The van der Waals surface area contributed by atoms with E-state index in [0.29, 0.717) is 5.82 Å². The Hall–Kier alpha value is -4.59. The third kappa shape index (κ3) is 5.86. The summed E-state index contributed by atoms with van der Waals surface area (Å²) in [5.41, 5.74) is 4.55. The summed E-state index contributed by atoms with van der Waals surface area (Å²) in [6.07, 6.45) is 0. The summed E-state index contributed by atoms with van der Waals surface area (Å²) in [7, 11) is 0. The molecule has 0 saturated carbocycles. The molecule has 7 heteroatoms. The molecule has 0 spiro atoms. The summed E-state index contributed by atoms with van der Waals surface area (Å²) in [6.45, 7) is 0. The van der Waals surface area contributed by atoms with Gasteiger partial charge < -0.3 is 4.98 Å². The molecule has 0 fully saturated rings. The number of hydrogen-bond donors (Lipinski definition) is 1. The molecule has 194 valence electrons. The van der Waals surface area contributed by atoms with E-state index in [-0.39, 0.29) is 5.69 Å². The highest BCUT2D eigenvalue weighted by Crippen LogP contribution is 2.37. The smallest absolute Gasteiger partial charge is 0.269 e. The van der Waals surface area contributed by atoms with Crippen LogP contribution in [0.3, 0.4) is 0 Å². The number of aromatic amines is 1. The average molecular weight is 558 g/mol. The average Bonchev–Trinajstić information content (AvgIpc) is 3.45. The van der Waals surface area contributed by atoms with E-state index in [1.807, 2.05) is 36.4 Å². The van der Waals surface area contributed by atoms with Crippen molar-refractivity contribution in [2.24, 2.45) is 0 Å². The Labute approximate surface area is 240 Å². The van der Waals surface area contributed by atoms with Gasteiger partial charge in [-0.1, -0.05) is 84.2 Å². The maximum Gasteiger partial charge on any atom is 0.269 e. The van der Waals surface area contributed by atoms with E-state index >= 15 is 0 Å². The molecule has 6 rings (SSSR count). The normalized spacial score (nSPS) is 10.9. The van der Waals surface area contributed by atoms with Gasteiger partial charge in [0, 0.05) is 48.4 Å². The third-order valence-corrected chi connectivity index (χ3v) is 8.32. The molecule has 0 saturated heterocycles. The van der Waals surface area contributed by atoms with Crippen LogP contribution in [0.2, 0.25) is 0 Å². The number of non-ortho nitro benzene ring substituents is 1. The first-order valence-corrected chi connectivity index (χ1v) is 14.3. The van der Waals surface area contributed by atoms with Crippen LogP contribution in [0.4, 0.5) is 5.69 Å². The quantitative estimate of drug-likeness (QED) is 0.149. The SMILES string of the molecule is O=[N+]([O-])c1ccc(-c2nc(-c3ccc(Sc4ccccc4)cc3)c(-c3ccc(Sc4ccccc4)cc3)[nH]2)cc1. The van der Waals surface area contributed by atoms with Crippen LogP contribution in [0.5, 0.6) is 0 Å². The molecule has 0 amide bonds. The van der Waals surface area contributed by atoms with E-state index in [0.717, 1.165) is 37.9 Å². The molecule has 0 bridgehead atoms. The molecule has 40 heavy (non-hydrogen) atoms. The van der Waals surface area contributed by atoms with E-state index < -0.39 is 4.92 Å². The first-order valence-electron chi connectivity index (χ1n) is 12.6. The van der Waals surface area contributed by atoms with Crippen LogP contribution >= 0.6 is 23.5 Å². The summed E-state index contributed by atoms with van der Waals surface area (Å²) in [5, 5.41) is 11.1.